The Hall–Kier alpha value is -3.07. The fraction of sp³-hybridized carbons (Fsp3) is 0.0714. The van der Waals surface area contributed by atoms with Crippen LogP contribution in [0.1, 0.15) is 11.4 Å². The maximum Gasteiger partial charge on any atom is 0.258 e. The summed E-state index contributed by atoms with van der Waals surface area (Å²) in [5, 5.41) is 12.7. The number of aromatic nitrogens is 4. The van der Waals surface area contributed by atoms with Crippen molar-refractivity contribution in [1.29, 1.82) is 5.26 Å². The molecule has 0 atom stereocenters. The Morgan fingerprint density at radius 3 is 2.60 bits per heavy atom. The maximum absolute atomic E-state index is 8.76. The first-order chi connectivity index (χ1) is 9.76. The first-order valence-electron chi connectivity index (χ1n) is 5.90. The van der Waals surface area contributed by atoms with Crippen molar-refractivity contribution in [2.24, 2.45) is 0 Å². The van der Waals surface area contributed by atoms with E-state index < -0.39 is 0 Å². The summed E-state index contributed by atoms with van der Waals surface area (Å²) < 4.78 is 5.21. The van der Waals surface area contributed by atoms with Crippen LogP contribution in [0, 0.1) is 18.3 Å². The van der Waals surface area contributed by atoms with E-state index in [-0.39, 0.29) is 0 Å². The van der Waals surface area contributed by atoms with Crippen molar-refractivity contribution in [3.8, 4) is 29.0 Å². The number of hydrogen-bond donors (Lipinski definition) is 0. The molecule has 2 aromatic heterocycles. The second-order valence-corrected chi connectivity index (χ2v) is 4.10. The molecule has 0 aliphatic rings. The number of nitrogens with zero attached hydrogens (tertiary/aromatic N) is 5. The minimum atomic E-state index is 0.390. The zero-order valence-electron chi connectivity index (χ0n) is 10.6. The molecule has 0 saturated carbocycles. The Bertz CT molecular complexity index is 786. The van der Waals surface area contributed by atoms with Crippen LogP contribution in [0.2, 0.25) is 0 Å². The monoisotopic (exact) mass is 263 g/mol. The third-order valence-electron chi connectivity index (χ3n) is 2.69. The highest BCUT2D eigenvalue weighted by atomic mass is 16.5. The van der Waals surface area contributed by atoms with Crippen molar-refractivity contribution in [2.45, 2.75) is 6.92 Å². The highest BCUT2D eigenvalue weighted by Crippen LogP contribution is 2.21. The summed E-state index contributed by atoms with van der Waals surface area (Å²) in [5.74, 6) is 1.45. The van der Waals surface area contributed by atoms with Crippen molar-refractivity contribution in [3.05, 3.63) is 47.9 Å². The molecule has 0 spiro atoms. The first-order valence-corrected chi connectivity index (χ1v) is 5.90. The van der Waals surface area contributed by atoms with Gasteiger partial charge in [0.15, 0.2) is 0 Å². The summed E-state index contributed by atoms with van der Waals surface area (Å²) in [6.07, 6.45) is 1.65. The standard InChI is InChI=1S/C14H9N5O/c1-9-16-7-6-12(17-9)13-18-14(20-19-13)11-4-2-10(8-15)3-5-11/h2-7H,1H3. The number of rotatable bonds is 2. The van der Waals surface area contributed by atoms with Gasteiger partial charge in [0.05, 0.1) is 11.6 Å². The van der Waals surface area contributed by atoms with Crippen molar-refractivity contribution in [1.82, 2.24) is 20.1 Å². The van der Waals surface area contributed by atoms with E-state index in [1.807, 2.05) is 0 Å². The summed E-state index contributed by atoms with van der Waals surface area (Å²) in [6, 6.07) is 10.7. The lowest BCUT2D eigenvalue weighted by molar-refractivity contribution is 0.432. The quantitative estimate of drug-likeness (QED) is 0.705. The molecule has 6 heteroatoms. The van der Waals surface area contributed by atoms with E-state index >= 15 is 0 Å². The van der Waals surface area contributed by atoms with Crippen LogP contribution in [0.3, 0.4) is 0 Å². The minimum Gasteiger partial charge on any atom is -0.334 e. The van der Waals surface area contributed by atoms with Gasteiger partial charge in [-0.25, -0.2) is 9.97 Å². The van der Waals surface area contributed by atoms with Crippen molar-refractivity contribution in [3.63, 3.8) is 0 Å². The molecular weight excluding hydrogens is 254 g/mol. The first kappa shape index (κ1) is 12.0. The summed E-state index contributed by atoms with van der Waals surface area (Å²) in [6.45, 7) is 1.80. The van der Waals surface area contributed by atoms with E-state index in [9.17, 15) is 0 Å². The van der Waals surface area contributed by atoms with Crippen LogP contribution in [0.25, 0.3) is 23.0 Å². The van der Waals surface area contributed by atoms with E-state index in [0.717, 1.165) is 5.56 Å². The molecule has 0 fully saturated rings. The smallest absolute Gasteiger partial charge is 0.258 e. The average Bonchev–Trinajstić information content (AvgIpc) is 2.97. The van der Waals surface area contributed by atoms with Crippen molar-refractivity contribution in [2.75, 3.05) is 0 Å². The Balaban J connectivity index is 1.95. The highest BCUT2D eigenvalue weighted by molar-refractivity contribution is 5.58. The fourth-order valence-corrected chi connectivity index (χ4v) is 1.71. The molecule has 1 aromatic carbocycles. The molecule has 0 N–H and O–H groups in total. The number of aryl methyl sites for hydroxylation is 1. The normalized spacial score (nSPS) is 10.2. The van der Waals surface area contributed by atoms with Crippen LogP contribution >= 0.6 is 0 Å². The molecule has 6 nitrogen and oxygen atoms in total. The van der Waals surface area contributed by atoms with E-state index in [2.05, 4.69) is 26.2 Å². The van der Waals surface area contributed by atoms with Crippen LogP contribution < -0.4 is 0 Å². The van der Waals surface area contributed by atoms with Crippen LogP contribution in [0.15, 0.2) is 41.1 Å². The molecule has 0 aliphatic carbocycles. The van der Waals surface area contributed by atoms with Gasteiger partial charge in [-0.1, -0.05) is 5.16 Å². The van der Waals surface area contributed by atoms with Gasteiger partial charge in [-0.2, -0.15) is 10.2 Å². The lowest BCUT2D eigenvalue weighted by Crippen LogP contribution is -1.91. The predicted octanol–water partition coefficient (Wildman–Crippen LogP) is 2.37. The van der Waals surface area contributed by atoms with Gasteiger partial charge in [0.25, 0.3) is 5.89 Å². The molecule has 0 aliphatic heterocycles. The number of hydrogen-bond acceptors (Lipinski definition) is 6. The summed E-state index contributed by atoms with van der Waals surface area (Å²) in [7, 11) is 0. The zero-order chi connectivity index (χ0) is 13.9. The maximum atomic E-state index is 8.76. The van der Waals surface area contributed by atoms with Gasteiger partial charge in [0.2, 0.25) is 5.82 Å². The van der Waals surface area contributed by atoms with Crippen LogP contribution in [0.4, 0.5) is 0 Å². The van der Waals surface area contributed by atoms with E-state index in [1.165, 1.54) is 0 Å². The topological polar surface area (TPSA) is 88.5 Å². The lowest BCUT2D eigenvalue weighted by atomic mass is 10.1. The van der Waals surface area contributed by atoms with E-state index in [0.29, 0.717) is 28.8 Å². The zero-order valence-corrected chi connectivity index (χ0v) is 10.6. The van der Waals surface area contributed by atoms with Crippen LogP contribution in [-0.4, -0.2) is 20.1 Å². The van der Waals surface area contributed by atoms with Gasteiger partial charge in [-0.15, -0.1) is 0 Å². The minimum absolute atomic E-state index is 0.390. The molecule has 96 valence electrons. The van der Waals surface area contributed by atoms with Crippen molar-refractivity contribution >= 4 is 0 Å². The Morgan fingerprint density at radius 2 is 1.90 bits per heavy atom. The van der Waals surface area contributed by atoms with E-state index in [4.69, 9.17) is 9.78 Å². The lowest BCUT2D eigenvalue weighted by Gasteiger charge is -1.94. The Morgan fingerprint density at radius 1 is 1.10 bits per heavy atom. The highest BCUT2D eigenvalue weighted by Gasteiger charge is 2.11. The largest absolute Gasteiger partial charge is 0.334 e. The molecular formula is C14H9N5O. The summed E-state index contributed by atoms with van der Waals surface area (Å²) in [5.41, 5.74) is 1.95. The molecule has 0 bridgehead atoms. The average molecular weight is 263 g/mol. The molecule has 0 unspecified atom stereocenters. The van der Waals surface area contributed by atoms with Gasteiger partial charge in [-0.05, 0) is 37.3 Å². The molecule has 0 radical (unpaired) electrons. The molecule has 0 saturated heterocycles. The second kappa shape index (κ2) is 4.90. The number of benzene rings is 1. The van der Waals surface area contributed by atoms with Gasteiger partial charge in [0.1, 0.15) is 11.5 Å². The summed E-state index contributed by atoms with van der Waals surface area (Å²) >= 11 is 0. The van der Waals surface area contributed by atoms with Gasteiger partial charge in [-0.3, -0.25) is 0 Å². The molecule has 2 heterocycles. The second-order valence-electron chi connectivity index (χ2n) is 4.10. The summed E-state index contributed by atoms with van der Waals surface area (Å²) in [4.78, 5) is 12.6. The molecule has 3 aromatic rings. The SMILES string of the molecule is Cc1nccc(-c2noc(-c3ccc(C#N)cc3)n2)n1. The van der Waals surface area contributed by atoms with Gasteiger partial charge in [0, 0.05) is 11.8 Å². The van der Waals surface area contributed by atoms with E-state index in [1.54, 1.807) is 43.5 Å². The number of nitriles is 1. The third kappa shape index (κ3) is 2.24. The predicted molar refractivity (Wildman–Crippen MR) is 70.2 cm³/mol. The Kier molecular flexibility index (Phi) is 2.94. The fourth-order valence-electron chi connectivity index (χ4n) is 1.71. The molecule has 3 rings (SSSR count). The van der Waals surface area contributed by atoms with Gasteiger partial charge < -0.3 is 4.52 Å². The van der Waals surface area contributed by atoms with Crippen molar-refractivity contribution < 1.29 is 4.52 Å². The molecule has 20 heavy (non-hydrogen) atoms. The van der Waals surface area contributed by atoms with Gasteiger partial charge >= 0.3 is 0 Å². The van der Waals surface area contributed by atoms with Crippen LogP contribution in [-0.2, 0) is 0 Å². The third-order valence-corrected chi connectivity index (χ3v) is 2.69. The van der Waals surface area contributed by atoms with Crippen LogP contribution in [0.5, 0.6) is 0 Å². The Labute approximate surface area is 114 Å². The molecule has 0 amide bonds.